The van der Waals surface area contributed by atoms with Crippen molar-refractivity contribution in [2.24, 2.45) is 11.8 Å². The lowest BCUT2D eigenvalue weighted by molar-refractivity contribution is -0.149. The van der Waals surface area contributed by atoms with Gasteiger partial charge in [-0.25, -0.2) is 0 Å². The molecule has 2 unspecified atom stereocenters. The lowest BCUT2D eigenvalue weighted by atomic mass is 9.94. The molecule has 1 heterocycles. The molecule has 104 valence electrons. The van der Waals surface area contributed by atoms with E-state index in [4.69, 9.17) is 11.5 Å². The van der Waals surface area contributed by atoms with Crippen LogP contribution in [-0.4, -0.2) is 59.5 Å². The van der Waals surface area contributed by atoms with Crippen molar-refractivity contribution in [1.29, 1.82) is 0 Å². The first kappa shape index (κ1) is 13.9. The van der Waals surface area contributed by atoms with Crippen LogP contribution in [0.25, 0.3) is 0 Å². The Labute approximate surface area is 113 Å². The zero-order valence-corrected chi connectivity index (χ0v) is 11.0. The maximum Gasteiger partial charge on any atom is 0.307 e. The van der Waals surface area contributed by atoms with Crippen LogP contribution in [0.3, 0.4) is 0 Å². The number of carbonyl (C=O) groups excluding carboxylic acids is 1. The highest BCUT2D eigenvalue weighted by Gasteiger charge is 2.40. The molecule has 0 bridgehead atoms. The maximum absolute atomic E-state index is 12.4. The van der Waals surface area contributed by atoms with Crippen molar-refractivity contribution in [3.63, 3.8) is 0 Å². The van der Waals surface area contributed by atoms with E-state index in [0.717, 1.165) is 19.5 Å². The van der Waals surface area contributed by atoms with Crippen LogP contribution in [0.15, 0.2) is 0 Å². The van der Waals surface area contributed by atoms with Crippen molar-refractivity contribution < 1.29 is 14.7 Å². The van der Waals surface area contributed by atoms with Gasteiger partial charge in [-0.05, 0) is 12.8 Å². The standard InChI is InChI=1S/C14H20N2O3/c1-2-6-15-7-9-16(10-8-15)13(17)11-4-3-5-12(11)14(18)19/h1,11-12H,3-10H2,(H,18,19). The third kappa shape index (κ3) is 3.07. The molecule has 0 aromatic heterocycles. The highest BCUT2D eigenvalue weighted by atomic mass is 16.4. The second-order valence-electron chi connectivity index (χ2n) is 5.29. The van der Waals surface area contributed by atoms with Crippen molar-refractivity contribution in [2.75, 3.05) is 32.7 Å². The summed E-state index contributed by atoms with van der Waals surface area (Å²) in [5, 5.41) is 9.14. The van der Waals surface area contributed by atoms with Gasteiger partial charge in [-0.15, -0.1) is 6.42 Å². The Bertz CT molecular complexity index is 394. The van der Waals surface area contributed by atoms with E-state index in [-0.39, 0.29) is 11.8 Å². The number of nitrogens with zero attached hydrogens (tertiary/aromatic N) is 2. The fourth-order valence-electron chi connectivity index (χ4n) is 3.04. The lowest BCUT2D eigenvalue weighted by Crippen LogP contribution is -2.51. The van der Waals surface area contributed by atoms with E-state index in [1.807, 2.05) is 0 Å². The lowest BCUT2D eigenvalue weighted by Gasteiger charge is -2.35. The average molecular weight is 264 g/mol. The minimum Gasteiger partial charge on any atom is -0.481 e. The molecule has 5 heteroatoms. The summed E-state index contributed by atoms with van der Waals surface area (Å²) in [7, 11) is 0. The number of piperazine rings is 1. The Balaban J connectivity index is 1.91. The molecule has 1 amide bonds. The summed E-state index contributed by atoms with van der Waals surface area (Å²) in [6.07, 6.45) is 7.44. The quantitative estimate of drug-likeness (QED) is 0.743. The van der Waals surface area contributed by atoms with Gasteiger partial charge in [-0.2, -0.15) is 0 Å². The molecule has 1 saturated carbocycles. The normalized spacial score (nSPS) is 28.1. The van der Waals surface area contributed by atoms with E-state index in [2.05, 4.69) is 10.8 Å². The van der Waals surface area contributed by atoms with Gasteiger partial charge >= 0.3 is 5.97 Å². The monoisotopic (exact) mass is 264 g/mol. The molecule has 0 radical (unpaired) electrons. The number of carbonyl (C=O) groups is 2. The Hall–Kier alpha value is -1.54. The Morgan fingerprint density at radius 2 is 1.79 bits per heavy atom. The van der Waals surface area contributed by atoms with Crippen LogP contribution in [0.1, 0.15) is 19.3 Å². The molecule has 2 aliphatic rings. The first-order valence-electron chi connectivity index (χ1n) is 6.81. The van der Waals surface area contributed by atoms with Crippen LogP contribution in [0.4, 0.5) is 0 Å². The number of hydrogen-bond donors (Lipinski definition) is 1. The Kier molecular flexibility index (Phi) is 4.43. The van der Waals surface area contributed by atoms with E-state index < -0.39 is 11.9 Å². The molecule has 0 aromatic rings. The van der Waals surface area contributed by atoms with Gasteiger partial charge in [0.25, 0.3) is 0 Å². The van der Waals surface area contributed by atoms with Crippen LogP contribution >= 0.6 is 0 Å². The van der Waals surface area contributed by atoms with Crippen molar-refractivity contribution >= 4 is 11.9 Å². The van der Waals surface area contributed by atoms with Gasteiger partial charge < -0.3 is 10.0 Å². The fraction of sp³-hybridized carbons (Fsp3) is 0.714. The second kappa shape index (κ2) is 6.07. The highest BCUT2D eigenvalue weighted by Crippen LogP contribution is 2.33. The number of carboxylic acids is 1. The first-order chi connectivity index (χ1) is 9.13. The summed E-state index contributed by atoms with van der Waals surface area (Å²) < 4.78 is 0. The minimum absolute atomic E-state index is 0.0188. The molecule has 2 fully saturated rings. The number of rotatable bonds is 3. The molecule has 2 rings (SSSR count). The van der Waals surface area contributed by atoms with Gasteiger partial charge in [-0.3, -0.25) is 14.5 Å². The molecule has 0 spiro atoms. The SMILES string of the molecule is C#CCN1CCN(C(=O)C2CCCC2C(=O)O)CC1. The zero-order chi connectivity index (χ0) is 13.8. The van der Waals surface area contributed by atoms with Gasteiger partial charge in [0.15, 0.2) is 0 Å². The topological polar surface area (TPSA) is 60.9 Å². The largest absolute Gasteiger partial charge is 0.481 e. The predicted octanol–water partition coefficient (Wildman–Crippen LogP) is 0.265. The molecule has 5 nitrogen and oxygen atoms in total. The van der Waals surface area contributed by atoms with Crippen molar-refractivity contribution in [3.05, 3.63) is 0 Å². The van der Waals surface area contributed by atoms with Crippen LogP contribution < -0.4 is 0 Å². The molecule has 1 aliphatic heterocycles. The maximum atomic E-state index is 12.4. The molecular formula is C14H20N2O3. The first-order valence-corrected chi connectivity index (χ1v) is 6.81. The van der Waals surface area contributed by atoms with Gasteiger partial charge in [0.1, 0.15) is 0 Å². The molecule has 19 heavy (non-hydrogen) atoms. The van der Waals surface area contributed by atoms with Crippen molar-refractivity contribution in [1.82, 2.24) is 9.80 Å². The molecule has 2 atom stereocenters. The number of hydrogen-bond acceptors (Lipinski definition) is 3. The van der Waals surface area contributed by atoms with E-state index in [9.17, 15) is 9.59 Å². The minimum atomic E-state index is -0.832. The molecule has 1 saturated heterocycles. The number of carboxylic acid groups (broad SMARTS) is 1. The second-order valence-corrected chi connectivity index (χ2v) is 5.29. The van der Waals surface area contributed by atoms with Crippen LogP contribution in [0, 0.1) is 24.2 Å². The van der Waals surface area contributed by atoms with Gasteiger partial charge in [0.2, 0.25) is 5.91 Å². The summed E-state index contributed by atoms with van der Waals surface area (Å²) in [6.45, 7) is 3.48. The number of amides is 1. The summed E-state index contributed by atoms with van der Waals surface area (Å²) in [5.41, 5.74) is 0. The van der Waals surface area contributed by atoms with Crippen LogP contribution in [0.2, 0.25) is 0 Å². The number of terminal acetylenes is 1. The van der Waals surface area contributed by atoms with Gasteiger partial charge in [0.05, 0.1) is 18.4 Å². The van der Waals surface area contributed by atoms with Crippen LogP contribution in [0.5, 0.6) is 0 Å². The predicted molar refractivity (Wildman–Crippen MR) is 70.3 cm³/mol. The van der Waals surface area contributed by atoms with E-state index >= 15 is 0 Å². The van der Waals surface area contributed by atoms with Gasteiger partial charge in [-0.1, -0.05) is 12.3 Å². The Morgan fingerprint density at radius 3 is 2.37 bits per heavy atom. The van der Waals surface area contributed by atoms with E-state index in [0.29, 0.717) is 32.5 Å². The van der Waals surface area contributed by atoms with Crippen LogP contribution in [-0.2, 0) is 9.59 Å². The smallest absolute Gasteiger partial charge is 0.307 e. The molecule has 1 aliphatic carbocycles. The third-order valence-electron chi connectivity index (χ3n) is 4.15. The van der Waals surface area contributed by atoms with E-state index in [1.54, 1.807) is 4.90 Å². The van der Waals surface area contributed by atoms with Crippen molar-refractivity contribution in [2.45, 2.75) is 19.3 Å². The average Bonchev–Trinajstić information content (AvgIpc) is 2.88. The molecule has 1 N–H and O–H groups in total. The fourth-order valence-corrected chi connectivity index (χ4v) is 3.04. The summed E-state index contributed by atoms with van der Waals surface area (Å²) in [6, 6.07) is 0. The third-order valence-corrected chi connectivity index (χ3v) is 4.15. The zero-order valence-electron chi connectivity index (χ0n) is 11.0. The Morgan fingerprint density at radius 1 is 1.16 bits per heavy atom. The summed E-state index contributed by atoms with van der Waals surface area (Å²) in [5.74, 6) is 0.978. The summed E-state index contributed by atoms with van der Waals surface area (Å²) in [4.78, 5) is 27.5. The van der Waals surface area contributed by atoms with Gasteiger partial charge in [0, 0.05) is 26.2 Å². The van der Waals surface area contributed by atoms with E-state index in [1.165, 1.54) is 0 Å². The molecular weight excluding hydrogens is 244 g/mol. The summed E-state index contributed by atoms with van der Waals surface area (Å²) >= 11 is 0. The van der Waals surface area contributed by atoms with Crippen molar-refractivity contribution in [3.8, 4) is 12.3 Å². The molecule has 0 aromatic carbocycles. The highest BCUT2D eigenvalue weighted by molar-refractivity contribution is 5.85. The number of aliphatic carboxylic acids is 1.